The normalized spacial score (nSPS) is 4.00. The maximum atomic E-state index is 4.62. The van der Waals surface area contributed by atoms with Crippen molar-refractivity contribution in [2.75, 3.05) is 0 Å². The van der Waals surface area contributed by atoms with E-state index in [-0.39, 0.29) is 37.4 Å². The molecule has 1 unspecified atom stereocenters. The predicted octanol–water partition coefficient (Wildman–Crippen LogP) is -0.756. The summed E-state index contributed by atoms with van der Waals surface area (Å²) < 4.78 is 0. The van der Waals surface area contributed by atoms with Crippen LogP contribution in [0.15, 0.2) is 0 Å². The van der Waals surface area contributed by atoms with Gasteiger partial charge in [0.05, 0.1) is 0 Å². The molecule has 0 saturated carbocycles. The van der Waals surface area contributed by atoms with Gasteiger partial charge in [-0.15, -0.1) is 0 Å². The molecule has 6 heavy (non-hydrogen) atoms. The van der Waals surface area contributed by atoms with Crippen LogP contribution in [0, 0.1) is 0 Å². The molecule has 0 aromatic rings. The second kappa shape index (κ2) is 9.29. The molecule has 43 valence electrons. The Balaban J connectivity index is -0.0000000450. The first-order valence-corrected chi connectivity index (χ1v) is 1.19. The molecule has 1 radical (unpaired) electrons. The number of thiocarbonyl (C=S) groups is 1. The van der Waals surface area contributed by atoms with E-state index < -0.39 is 0 Å². The van der Waals surface area contributed by atoms with Gasteiger partial charge in [-0.3, -0.25) is 0 Å². The quantitative estimate of drug-likeness (QED) is 0.352. The van der Waals surface area contributed by atoms with Gasteiger partial charge in [0.25, 0.3) is 0 Å². The van der Waals surface area contributed by atoms with Crippen molar-refractivity contribution >= 4 is 27.2 Å². The maximum Gasteiger partial charge on any atom is 0.160 e. The van der Waals surface area contributed by atoms with Gasteiger partial charge in [-0.25, -0.2) is 0 Å². The summed E-state index contributed by atoms with van der Waals surface area (Å²) in [6, 6.07) is 0. The monoisotopic (exact) mass is 307 g/mol. The zero-order chi connectivity index (χ0) is 3.58. The van der Waals surface area contributed by atoms with Crippen molar-refractivity contribution in [2.24, 2.45) is 11.5 Å². The molecule has 0 saturated heterocycles. The summed E-state index contributed by atoms with van der Waals surface area (Å²) in [7, 11) is 0. The second-order valence-corrected chi connectivity index (χ2v) is 0.874. The standard InChI is InChI=1S/CH4N2S.Au.H3P/c2-1(3)4;;/h(H4,2,3,4);;1H3. The van der Waals surface area contributed by atoms with Crippen LogP contribution < -0.4 is 11.5 Å². The molecule has 1 atom stereocenters. The molecule has 0 amide bonds. The summed E-state index contributed by atoms with van der Waals surface area (Å²) in [6.07, 6.45) is 0. The van der Waals surface area contributed by atoms with Crippen molar-refractivity contribution in [1.29, 1.82) is 0 Å². The fraction of sp³-hybridized carbons (Fsp3) is 0. The van der Waals surface area contributed by atoms with Crippen molar-refractivity contribution < 1.29 is 22.4 Å². The van der Waals surface area contributed by atoms with Gasteiger partial charge >= 0.3 is 0 Å². The Morgan fingerprint density at radius 1 is 1.33 bits per heavy atom. The average Bonchev–Trinajstić information content (AvgIpc) is 0.811. The molecule has 5 heteroatoms. The van der Waals surface area contributed by atoms with Crippen LogP contribution in [0.1, 0.15) is 0 Å². The Hall–Kier alpha value is 0.860. The molecule has 4 N–H and O–H groups in total. The first-order valence-electron chi connectivity index (χ1n) is 0.781. The first-order chi connectivity index (χ1) is 1.73. The Morgan fingerprint density at radius 2 is 1.33 bits per heavy atom. The topological polar surface area (TPSA) is 52.0 Å². The van der Waals surface area contributed by atoms with E-state index in [1.54, 1.807) is 0 Å². The molecule has 0 rings (SSSR count). The van der Waals surface area contributed by atoms with Gasteiger partial charge in [0.2, 0.25) is 0 Å². The summed E-state index contributed by atoms with van der Waals surface area (Å²) >= 11 is 4.09. The molecule has 0 aromatic heterocycles. The van der Waals surface area contributed by atoms with E-state index in [0.717, 1.165) is 0 Å². The number of rotatable bonds is 0. The van der Waals surface area contributed by atoms with Crippen LogP contribution in [-0.2, 0) is 22.4 Å². The van der Waals surface area contributed by atoms with E-state index in [1.165, 1.54) is 0 Å². The Labute approximate surface area is 61.2 Å². The minimum atomic E-state index is 0. The zero-order valence-electron chi connectivity index (χ0n) is 3.07. The van der Waals surface area contributed by atoms with Crippen molar-refractivity contribution in [3.05, 3.63) is 0 Å². The molecule has 0 aromatic carbocycles. The Bertz CT molecular complexity index is 36.5. The molecule has 0 spiro atoms. The van der Waals surface area contributed by atoms with Crippen LogP contribution in [0.4, 0.5) is 0 Å². The number of hydrogen-bond acceptors (Lipinski definition) is 1. The third-order valence-corrected chi connectivity index (χ3v) is 0. The molecule has 0 heterocycles. The van der Waals surface area contributed by atoms with Gasteiger partial charge in [0.15, 0.2) is 5.11 Å². The van der Waals surface area contributed by atoms with Crippen LogP contribution in [0.3, 0.4) is 0 Å². The molecular weight excluding hydrogens is 300 g/mol. The fourth-order valence-corrected chi connectivity index (χ4v) is 0. The van der Waals surface area contributed by atoms with Crippen LogP contribution >= 0.6 is 22.1 Å². The third-order valence-electron chi connectivity index (χ3n) is 0. The molecule has 0 bridgehead atoms. The van der Waals surface area contributed by atoms with E-state index in [2.05, 4.69) is 23.7 Å². The fourth-order valence-electron chi connectivity index (χ4n) is 0. The van der Waals surface area contributed by atoms with E-state index in [9.17, 15) is 0 Å². The van der Waals surface area contributed by atoms with Gasteiger partial charge < -0.3 is 11.5 Å². The largest absolute Gasteiger partial charge is 0.377 e. The van der Waals surface area contributed by atoms with E-state index in [4.69, 9.17) is 0 Å². The van der Waals surface area contributed by atoms with E-state index in [1.807, 2.05) is 0 Å². The van der Waals surface area contributed by atoms with E-state index >= 15 is 0 Å². The minimum absolute atomic E-state index is 0. The SMILES string of the molecule is NC(N)=S.P.[Au]. The molecule has 0 fully saturated rings. The summed E-state index contributed by atoms with van der Waals surface area (Å²) in [6.45, 7) is 0. The van der Waals surface area contributed by atoms with Crippen LogP contribution in [0.2, 0.25) is 0 Å². The van der Waals surface area contributed by atoms with Crippen LogP contribution in [0.5, 0.6) is 0 Å². The van der Waals surface area contributed by atoms with Crippen molar-refractivity contribution in [1.82, 2.24) is 0 Å². The van der Waals surface area contributed by atoms with Crippen molar-refractivity contribution in [3.8, 4) is 0 Å². The second-order valence-electron chi connectivity index (χ2n) is 0.402. The Kier molecular flexibility index (Phi) is 24.5. The molecular formula is CH7AuN2PS. The van der Waals surface area contributed by atoms with Gasteiger partial charge in [-0.05, 0) is 12.2 Å². The van der Waals surface area contributed by atoms with Gasteiger partial charge in [0.1, 0.15) is 0 Å². The molecule has 0 aliphatic carbocycles. The summed E-state index contributed by atoms with van der Waals surface area (Å²) in [5, 5.41) is 0.000000000000000222. The van der Waals surface area contributed by atoms with Crippen LogP contribution in [-0.4, -0.2) is 5.11 Å². The number of nitrogens with two attached hydrogens (primary N) is 2. The van der Waals surface area contributed by atoms with Crippen LogP contribution in [0.25, 0.3) is 0 Å². The molecule has 0 aliphatic heterocycles. The number of hydrogen-bond donors (Lipinski definition) is 2. The zero-order valence-corrected chi connectivity index (χ0v) is 7.47. The average molecular weight is 307 g/mol. The van der Waals surface area contributed by atoms with Crippen molar-refractivity contribution in [3.63, 3.8) is 0 Å². The third kappa shape index (κ3) is 97.9. The molecule has 0 aliphatic rings. The van der Waals surface area contributed by atoms with Gasteiger partial charge in [-0.1, -0.05) is 0 Å². The summed E-state index contributed by atoms with van der Waals surface area (Å²) in [5.74, 6) is 0. The van der Waals surface area contributed by atoms with Gasteiger partial charge in [-0.2, -0.15) is 9.90 Å². The first kappa shape index (κ1) is 15.8. The predicted molar refractivity (Wildman–Crippen MR) is 32.1 cm³/mol. The smallest absolute Gasteiger partial charge is 0.160 e. The minimum Gasteiger partial charge on any atom is -0.377 e. The van der Waals surface area contributed by atoms with Gasteiger partial charge in [0, 0.05) is 22.4 Å². The summed E-state index contributed by atoms with van der Waals surface area (Å²) in [5.41, 5.74) is 9.24. The molecule has 2 nitrogen and oxygen atoms in total. The maximum absolute atomic E-state index is 4.62. The van der Waals surface area contributed by atoms with E-state index in [0.29, 0.717) is 0 Å². The van der Waals surface area contributed by atoms with Crippen molar-refractivity contribution in [2.45, 2.75) is 0 Å². The Morgan fingerprint density at radius 3 is 1.33 bits per heavy atom. The summed E-state index contributed by atoms with van der Waals surface area (Å²) in [4.78, 5) is 0.